The minimum atomic E-state index is 0.494. The molecule has 2 nitrogen and oxygen atoms in total. The Morgan fingerprint density at radius 3 is 3.10 bits per heavy atom. The summed E-state index contributed by atoms with van der Waals surface area (Å²) in [5.41, 5.74) is 3.71. The molecule has 21 heavy (non-hydrogen) atoms. The fraction of sp³-hybridized carbons (Fsp3) is 0.278. The summed E-state index contributed by atoms with van der Waals surface area (Å²) in [4.78, 5) is 6.30. The van der Waals surface area contributed by atoms with E-state index in [0.29, 0.717) is 6.04 Å². The third-order valence-electron chi connectivity index (χ3n) is 4.24. The summed E-state index contributed by atoms with van der Waals surface area (Å²) in [7, 11) is 0. The number of fused-ring (bicyclic) bond motifs is 2. The maximum absolute atomic E-state index is 4.74. The lowest BCUT2D eigenvalue weighted by atomic mass is 9.94. The van der Waals surface area contributed by atoms with E-state index in [2.05, 4.69) is 47.1 Å². The van der Waals surface area contributed by atoms with Gasteiger partial charge in [-0.05, 0) is 48.4 Å². The van der Waals surface area contributed by atoms with E-state index in [-0.39, 0.29) is 0 Å². The van der Waals surface area contributed by atoms with Crippen LogP contribution in [0.4, 0.5) is 0 Å². The zero-order valence-electron chi connectivity index (χ0n) is 11.9. The van der Waals surface area contributed by atoms with E-state index in [9.17, 15) is 0 Å². The Balaban J connectivity index is 1.51. The van der Waals surface area contributed by atoms with Gasteiger partial charge in [-0.25, -0.2) is 0 Å². The van der Waals surface area contributed by atoms with Crippen LogP contribution >= 0.6 is 11.3 Å². The molecule has 1 aliphatic carbocycles. The van der Waals surface area contributed by atoms with Crippen molar-refractivity contribution in [2.45, 2.75) is 31.8 Å². The van der Waals surface area contributed by atoms with Gasteiger partial charge in [-0.2, -0.15) is 0 Å². The predicted octanol–water partition coefficient (Wildman–Crippen LogP) is 4.46. The van der Waals surface area contributed by atoms with Crippen molar-refractivity contribution in [3.63, 3.8) is 0 Å². The highest BCUT2D eigenvalue weighted by Crippen LogP contribution is 2.33. The number of nitrogens with one attached hydrogen (secondary N) is 1. The SMILES string of the molecule is c1ccc2nc(CNC3CCCc4sccc43)ccc2c1. The van der Waals surface area contributed by atoms with Gasteiger partial charge in [-0.1, -0.05) is 24.3 Å². The highest BCUT2D eigenvalue weighted by molar-refractivity contribution is 7.10. The summed E-state index contributed by atoms with van der Waals surface area (Å²) < 4.78 is 0. The highest BCUT2D eigenvalue weighted by Gasteiger charge is 2.20. The Morgan fingerprint density at radius 1 is 1.14 bits per heavy atom. The number of para-hydroxylation sites is 1. The van der Waals surface area contributed by atoms with Crippen molar-refractivity contribution < 1.29 is 0 Å². The quantitative estimate of drug-likeness (QED) is 0.771. The molecule has 1 unspecified atom stereocenters. The molecule has 0 amide bonds. The minimum Gasteiger partial charge on any atom is -0.304 e. The second-order valence-corrected chi connectivity index (χ2v) is 6.62. The normalized spacial score (nSPS) is 17.8. The lowest BCUT2D eigenvalue weighted by Crippen LogP contribution is -2.24. The van der Waals surface area contributed by atoms with Gasteiger partial charge in [0.05, 0.1) is 11.2 Å². The van der Waals surface area contributed by atoms with E-state index in [1.165, 1.54) is 30.2 Å². The molecule has 3 heteroatoms. The fourth-order valence-electron chi connectivity index (χ4n) is 3.13. The number of rotatable bonds is 3. The van der Waals surface area contributed by atoms with Gasteiger partial charge in [0.1, 0.15) is 0 Å². The molecule has 0 fully saturated rings. The van der Waals surface area contributed by atoms with E-state index in [0.717, 1.165) is 17.8 Å². The van der Waals surface area contributed by atoms with Crippen LogP contribution in [0.25, 0.3) is 10.9 Å². The van der Waals surface area contributed by atoms with E-state index >= 15 is 0 Å². The average Bonchev–Trinajstić information content (AvgIpc) is 3.02. The number of nitrogens with zero attached hydrogens (tertiary/aromatic N) is 1. The van der Waals surface area contributed by atoms with Crippen LogP contribution in [0.1, 0.15) is 35.0 Å². The largest absolute Gasteiger partial charge is 0.304 e. The average molecular weight is 294 g/mol. The predicted molar refractivity (Wildman–Crippen MR) is 88.6 cm³/mol. The summed E-state index contributed by atoms with van der Waals surface area (Å²) in [6.45, 7) is 0.838. The van der Waals surface area contributed by atoms with E-state index in [4.69, 9.17) is 4.98 Å². The zero-order valence-corrected chi connectivity index (χ0v) is 12.7. The van der Waals surface area contributed by atoms with Crippen molar-refractivity contribution in [3.8, 4) is 0 Å². The van der Waals surface area contributed by atoms with Crippen LogP contribution in [-0.4, -0.2) is 4.98 Å². The molecule has 0 saturated heterocycles. The van der Waals surface area contributed by atoms with Crippen LogP contribution in [0, 0.1) is 0 Å². The summed E-state index contributed by atoms with van der Waals surface area (Å²) in [6, 6.07) is 15.4. The van der Waals surface area contributed by atoms with E-state index < -0.39 is 0 Å². The van der Waals surface area contributed by atoms with Gasteiger partial charge in [0.15, 0.2) is 0 Å². The molecule has 0 spiro atoms. The molecule has 0 saturated carbocycles. The molecular weight excluding hydrogens is 276 g/mol. The lowest BCUT2D eigenvalue weighted by Gasteiger charge is -2.23. The summed E-state index contributed by atoms with van der Waals surface area (Å²) in [6.07, 6.45) is 3.77. The van der Waals surface area contributed by atoms with Gasteiger partial charge < -0.3 is 5.32 Å². The van der Waals surface area contributed by atoms with Crippen molar-refractivity contribution in [1.82, 2.24) is 10.3 Å². The van der Waals surface area contributed by atoms with Crippen LogP contribution in [-0.2, 0) is 13.0 Å². The van der Waals surface area contributed by atoms with Crippen LogP contribution < -0.4 is 5.32 Å². The smallest absolute Gasteiger partial charge is 0.0705 e. The van der Waals surface area contributed by atoms with Crippen molar-refractivity contribution in [2.75, 3.05) is 0 Å². The Bertz CT molecular complexity index is 763. The number of pyridine rings is 1. The van der Waals surface area contributed by atoms with Gasteiger partial charge >= 0.3 is 0 Å². The van der Waals surface area contributed by atoms with Gasteiger partial charge in [0, 0.05) is 22.8 Å². The number of hydrogen-bond acceptors (Lipinski definition) is 3. The van der Waals surface area contributed by atoms with Crippen molar-refractivity contribution in [3.05, 3.63) is 64.0 Å². The van der Waals surface area contributed by atoms with Crippen LogP contribution in [0.2, 0.25) is 0 Å². The Kier molecular flexibility index (Phi) is 3.45. The number of hydrogen-bond donors (Lipinski definition) is 1. The van der Waals surface area contributed by atoms with Crippen molar-refractivity contribution in [2.24, 2.45) is 0 Å². The Morgan fingerprint density at radius 2 is 2.10 bits per heavy atom. The molecule has 0 bridgehead atoms. The van der Waals surface area contributed by atoms with Crippen LogP contribution in [0.5, 0.6) is 0 Å². The number of thiophene rings is 1. The molecule has 1 N–H and O–H groups in total. The molecule has 3 aromatic rings. The van der Waals surface area contributed by atoms with Gasteiger partial charge in [-0.3, -0.25) is 4.98 Å². The number of benzene rings is 1. The molecule has 2 heterocycles. The van der Waals surface area contributed by atoms with Crippen molar-refractivity contribution >= 4 is 22.2 Å². The Labute approximate surface area is 128 Å². The zero-order chi connectivity index (χ0) is 14.1. The fourth-order valence-corrected chi connectivity index (χ4v) is 4.12. The second kappa shape index (κ2) is 5.58. The molecule has 1 atom stereocenters. The number of aryl methyl sites for hydroxylation is 1. The minimum absolute atomic E-state index is 0.494. The lowest BCUT2D eigenvalue weighted by molar-refractivity contribution is 0.460. The second-order valence-electron chi connectivity index (χ2n) is 5.62. The molecule has 0 aliphatic heterocycles. The van der Waals surface area contributed by atoms with Crippen LogP contribution in [0.15, 0.2) is 47.8 Å². The molecular formula is C18H18N2S. The van der Waals surface area contributed by atoms with Crippen LogP contribution in [0.3, 0.4) is 0 Å². The Hall–Kier alpha value is -1.71. The van der Waals surface area contributed by atoms with Crippen molar-refractivity contribution in [1.29, 1.82) is 0 Å². The summed E-state index contributed by atoms with van der Waals surface area (Å²) in [5.74, 6) is 0. The topological polar surface area (TPSA) is 24.9 Å². The monoisotopic (exact) mass is 294 g/mol. The van der Waals surface area contributed by atoms with E-state index in [1.807, 2.05) is 17.4 Å². The summed E-state index contributed by atoms with van der Waals surface area (Å²) in [5, 5.41) is 7.12. The summed E-state index contributed by atoms with van der Waals surface area (Å²) >= 11 is 1.90. The first-order valence-electron chi connectivity index (χ1n) is 7.54. The van der Waals surface area contributed by atoms with Gasteiger partial charge in [-0.15, -0.1) is 11.3 Å². The highest BCUT2D eigenvalue weighted by atomic mass is 32.1. The van der Waals surface area contributed by atoms with E-state index in [1.54, 1.807) is 4.88 Å². The molecule has 1 aromatic carbocycles. The maximum Gasteiger partial charge on any atom is 0.0705 e. The standard InChI is InChI=1S/C18H18N2S/c1-2-5-16-13(4-1)8-9-14(20-16)12-19-17-6-3-7-18-15(17)10-11-21-18/h1-2,4-5,8-11,17,19H,3,6-7,12H2. The maximum atomic E-state index is 4.74. The van der Waals surface area contributed by atoms with Gasteiger partial charge in [0.25, 0.3) is 0 Å². The molecule has 4 rings (SSSR count). The molecule has 2 aromatic heterocycles. The molecule has 1 aliphatic rings. The first kappa shape index (κ1) is 13.0. The van der Waals surface area contributed by atoms with Gasteiger partial charge in [0.2, 0.25) is 0 Å². The first-order valence-corrected chi connectivity index (χ1v) is 8.42. The molecule has 0 radical (unpaired) electrons. The number of aromatic nitrogens is 1. The first-order chi connectivity index (χ1) is 10.4. The third kappa shape index (κ3) is 2.59. The molecule has 106 valence electrons. The third-order valence-corrected chi connectivity index (χ3v) is 5.23.